The van der Waals surface area contributed by atoms with E-state index in [4.69, 9.17) is 4.74 Å². The molecule has 0 unspecified atom stereocenters. The monoisotopic (exact) mass is 259 g/mol. The quantitative estimate of drug-likeness (QED) is 0.866. The maximum atomic E-state index is 5.82. The second-order valence-electron chi connectivity index (χ2n) is 4.62. The van der Waals surface area contributed by atoms with Crippen molar-refractivity contribution in [3.05, 3.63) is 47.3 Å². The van der Waals surface area contributed by atoms with Gasteiger partial charge in [-0.05, 0) is 37.2 Å². The molecular formula is C15H21N3O. The summed E-state index contributed by atoms with van der Waals surface area (Å²) in [6.07, 6.45) is 0. The van der Waals surface area contributed by atoms with Crippen LogP contribution in [0.4, 0.5) is 0 Å². The third kappa shape index (κ3) is 3.83. The molecule has 1 aromatic carbocycles. The Labute approximate surface area is 114 Å². The van der Waals surface area contributed by atoms with E-state index >= 15 is 0 Å². The summed E-state index contributed by atoms with van der Waals surface area (Å²) >= 11 is 0. The van der Waals surface area contributed by atoms with Crippen LogP contribution < -0.4 is 10.1 Å². The first kappa shape index (κ1) is 13.6. The predicted octanol–water partition coefficient (Wildman–Crippen LogP) is 2.42. The van der Waals surface area contributed by atoms with Gasteiger partial charge in [0.25, 0.3) is 0 Å². The maximum absolute atomic E-state index is 5.82. The average molecular weight is 259 g/mol. The SMILES string of the molecule is CCNCc1cccc(OCc2cc(C)nn2C)c1. The van der Waals surface area contributed by atoms with E-state index in [1.165, 1.54) is 5.56 Å². The molecule has 0 atom stereocenters. The van der Waals surface area contributed by atoms with E-state index in [0.717, 1.165) is 30.2 Å². The lowest BCUT2D eigenvalue weighted by Crippen LogP contribution is -2.11. The zero-order valence-corrected chi connectivity index (χ0v) is 11.8. The minimum atomic E-state index is 0.544. The fourth-order valence-electron chi connectivity index (χ4n) is 1.97. The summed E-state index contributed by atoms with van der Waals surface area (Å²) in [6, 6.07) is 10.2. The predicted molar refractivity (Wildman–Crippen MR) is 76.1 cm³/mol. The molecule has 2 aromatic rings. The Morgan fingerprint density at radius 1 is 1.32 bits per heavy atom. The Morgan fingerprint density at radius 3 is 2.84 bits per heavy atom. The Hall–Kier alpha value is -1.81. The number of aromatic nitrogens is 2. The molecule has 0 aliphatic rings. The van der Waals surface area contributed by atoms with Crippen molar-refractivity contribution in [2.45, 2.75) is 27.0 Å². The van der Waals surface area contributed by atoms with Gasteiger partial charge >= 0.3 is 0 Å². The van der Waals surface area contributed by atoms with Crippen LogP contribution in [0.5, 0.6) is 5.75 Å². The summed E-state index contributed by atoms with van der Waals surface area (Å²) in [6.45, 7) is 6.48. The average Bonchev–Trinajstić information content (AvgIpc) is 2.73. The number of ether oxygens (including phenoxy) is 1. The first-order chi connectivity index (χ1) is 9.19. The molecule has 0 fully saturated rings. The highest BCUT2D eigenvalue weighted by Crippen LogP contribution is 2.15. The highest BCUT2D eigenvalue weighted by Gasteiger charge is 2.03. The lowest BCUT2D eigenvalue weighted by atomic mass is 10.2. The second kappa shape index (κ2) is 6.38. The molecule has 0 spiro atoms. The number of aryl methyl sites for hydroxylation is 2. The van der Waals surface area contributed by atoms with Crippen molar-refractivity contribution >= 4 is 0 Å². The number of rotatable bonds is 6. The highest BCUT2D eigenvalue weighted by molar-refractivity contribution is 5.28. The molecule has 4 heteroatoms. The zero-order valence-electron chi connectivity index (χ0n) is 11.8. The molecule has 102 valence electrons. The molecule has 0 saturated heterocycles. The van der Waals surface area contributed by atoms with Crippen LogP contribution in [0.1, 0.15) is 23.9 Å². The molecule has 1 N–H and O–H groups in total. The third-order valence-electron chi connectivity index (χ3n) is 2.96. The van der Waals surface area contributed by atoms with E-state index in [9.17, 15) is 0 Å². The Balaban J connectivity index is 1.97. The van der Waals surface area contributed by atoms with Gasteiger partial charge in [-0.25, -0.2) is 0 Å². The van der Waals surface area contributed by atoms with Crippen LogP contribution in [-0.4, -0.2) is 16.3 Å². The molecule has 0 bridgehead atoms. The standard InChI is InChI=1S/C15H21N3O/c1-4-16-10-13-6-5-7-15(9-13)19-11-14-8-12(2)17-18(14)3/h5-9,16H,4,10-11H2,1-3H3. The van der Waals surface area contributed by atoms with E-state index in [-0.39, 0.29) is 0 Å². The Kier molecular flexibility index (Phi) is 4.58. The fraction of sp³-hybridized carbons (Fsp3) is 0.400. The summed E-state index contributed by atoms with van der Waals surface area (Å²) < 4.78 is 7.68. The van der Waals surface area contributed by atoms with E-state index in [1.54, 1.807) is 0 Å². The summed E-state index contributed by atoms with van der Waals surface area (Å²) in [5, 5.41) is 7.62. The topological polar surface area (TPSA) is 39.1 Å². The Bertz CT molecular complexity index is 534. The number of nitrogens with zero attached hydrogens (tertiary/aromatic N) is 2. The number of hydrogen-bond acceptors (Lipinski definition) is 3. The van der Waals surface area contributed by atoms with Crippen molar-refractivity contribution in [2.75, 3.05) is 6.54 Å². The smallest absolute Gasteiger partial charge is 0.130 e. The highest BCUT2D eigenvalue weighted by atomic mass is 16.5. The van der Waals surface area contributed by atoms with Gasteiger partial charge in [0.2, 0.25) is 0 Å². The fourth-order valence-corrected chi connectivity index (χ4v) is 1.97. The summed E-state index contributed by atoms with van der Waals surface area (Å²) in [7, 11) is 1.94. The number of hydrogen-bond donors (Lipinski definition) is 1. The van der Waals surface area contributed by atoms with Gasteiger partial charge in [-0.2, -0.15) is 5.10 Å². The molecule has 1 heterocycles. The molecule has 4 nitrogen and oxygen atoms in total. The lowest BCUT2D eigenvalue weighted by molar-refractivity contribution is 0.294. The molecule has 19 heavy (non-hydrogen) atoms. The molecule has 1 aromatic heterocycles. The molecule has 0 radical (unpaired) electrons. The summed E-state index contributed by atoms with van der Waals surface area (Å²) in [5.74, 6) is 0.897. The van der Waals surface area contributed by atoms with Crippen molar-refractivity contribution < 1.29 is 4.74 Å². The maximum Gasteiger partial charge on any atom is 0.130 e. The molecule has 0 saturated carbocycles. The van der Waals surface area contributed by atoms with Crippen LogP contribution in [0.3, 0.4) is 0 Å². The first-order valence-corrected chi connectivity index (χ1v) is 6.61. The van der Waals surface area contributed by atoms with Gasteiger partial charge in [-0.15, -0.1) is 0 Å². The lowest BCUT2D eigenvalue weighted by Gasteiger charge is -2.08. The second-order valence-corrected chi connectivity index (χ2v) is 4.62. The van der Waals surface area contributed by atoms with E-state index in [1.807, 2.05) is 36.9 Å². The van der Waals surface area contributed by atoms with Crippen molar-refractivity contribution in [1.82, 2.24) is 15.1 Å². The minimum absolute atomic E-state index is 0.544. The van der Waals surface area contributed by atoms with Gasteiger partial charge in [0.05, 0.1) is 11.4 Å². The minimum Gasteiger partial charge on any atom is -0.487 e. The third-order valence-corrected chi connectivity index (χ3v) is 2.96. The van der Waals surface area contributed by atoms with Gasteiger partial charge in [-0.1, -0.05) is 19.1 Å². The number of nitrogens with one attached hydrogen (secondary N) is 1. The normalized spacial score (nSPS) is 10.7. The van der Waals surface area contributed by atoms with Crippen LogP contribution in [-0.2, 0) is 20.2 Å². The molecule has 0 aliphatic heterocycles. The van der Waals surface area contributed by atoms with Crippen LogP contribution in [0.2, 0.25) is 0 Å². The van der Waals surface area contributed by atoms with Crippen LogP contribution in [0.15, 0.2) is 30.3 Å². The van der Waals surface area contributed by atoms with Crippen LogP contribution in [0.25, 0.3) is 0 Å². The van der Waals surface area contributed by atoms with Gasteiger partial charge in [-0.3, -0.25) is 4.68 Å². The van der Waals surface area contributed by atoms with Crippen LogP contribution in [0, 0.1) is 6.92 Å². The van der Waals surface area contributed by atoms with Gasteiger partial charge in [0, 0.05) is 13.6 Å². The Morgan fingerprint density at radius 2 is 2.16 bits per heavy atom. The van der Waals surface area contributed by atoms with Crippen LogP contribution >= 0.6 is 0 Å². The largest absolute Gasteiger partial charge is 0.487 e. The molecule has 2 rings (SSSR count). The summed E-state index contributed by atoms with van der Waals surface area (Å²) in [5.41, 5.74) is 3.33. The van der Waals surface area contributed by atoms with Gasteiger partial charge in [0.15, 0.2) is 0 Å². The molecular weight excluding hydrogens is 238 g/mol. The van der Waals surface area contributed by atoms with Crippen molar-refractivity contribution in [2.24, 2.45) is 7.05 Å². The van der Waals surface area contributed by atoms with Crippen molar-refractivity contribution in [3.63, 3.8) is 0 Å². The first-order valence-electron chi connectivity index (χ1n) is 6.61. The molecule has 0 aliphatic carbocycles. The van der Waals surface area contributed by atoms with Crippen molar-refractivity contribution in [1.29, 1.82) is 0 Å². The molecule has 0 amide bonds. The van der Waals surface area contributed by atoms with Gasteiger partial charge in [0.1, 0.15) is 12.4 Å². The zero-order chi connectivity index (χ0) is 13.7. The van der Waals surface area contributed by atoms with E-state index < -0.39 is 0 Å². The van der Waals surface area contributed by atoms with E-state index in [2.05, 4.69) is 29.5 Å². The van der Waals surface area contributed by atoms with Gasteiger partial charge < -0.3 is 10.1 Å². The van der Waals surface area contributed by atoms with E-state index in [0.29, 0.717) is 6.61 Å². The van der Waals surface area contributed by atoms with Crippen molar-refractivity contribution in [3.8, 4) is 5.75 Å². The number of benzene rings is 1. The summed E-state index contributed by atoms with van der Waals surface area (Å²) in [4.78, 5) is 0.